The molecule has 116 valence electrons. The molecule has 1 heterocycles. The highest BCUT2D eigenvalue weighted by Crippen LogP contribution is 2.25. The third kappa shape index (κ3) is 3.37. The number of hydrogen-bond donors (Lipinski definition) is 1. The first-order valence-corrected chi connectivity index (χ1v) is 7.45. The number of ether oxygens (including phenoxy) is 1. The van der Waals surface area contributed by atoms with Gasteiger partial charge < -0.3 is 10.1 Å². The van der Waals surface area contributed by atoms with Crippen LogP contribution < -0.4 is 10.1 Å². The summed E-state index contributed by atoms with van der Waals surface area (Å²) < 4.78 is 7.59. The molecule has 0 fully saturated rings. The molecule has 2 aromatic carbocycles. The summed E-state index contributed by atoms with van der Waals surface area (Å²) in [5.74, 6) is 0.382. The molecule has 0 radical (unpaired) electrons. The summed E-state index contributed by atoms with van der Waals surface area (Å²) in [6.45, 7) is 0. The lowest BCUT2D eigenvalue weighted by molar-refractivity contribution is 0.102. The summed E-state index contributed by atoms with van der Waals surface area (Å²) in [6.07, 6.45) is 1.46. The molecule has 3 aromatic rings. The molecule has 8 heteroatoms. The second-order valence-electron chi connectivity index (χ2n) is 4.60. The van der Waals surface area contributed by atoms with Crippen LogP contribution in [0.1, 0.15) is 10.4 Å². The summed E-state index contributed by atoms with van der Waals surface area (Å²) in [7, 11) is 1.56. The number of rotatable bonds is 4. The van der Waals surface area contributed by atoms with Crippen molar-refractivity contribution in [2.75, 3.05) is 12.4 Å². The first-order valence-electron chi connectivity index (χ1n) is 6.65. The lowest BCUT2D eigenvalue weighted by atomic mass is 10.2. The first-order chi connectivity index (χ1) is 11.2. The SMILES string of the molecule is COc1ccc(-n2cnnn2)c(NC(=O)c2ccc(Br)cc2)c1. The van der Waals surface area contributed by atoms with Gasteiger partial charge in [-0.15, -0.1) is 5.10 Å². The molecule has 0 aliphatic rings. The van der Waals surface area contributed by atoms with E-state index in [2.05, 4.69) is 36.8 Å². The Kier molecular flexibility index (Phi) is 4.33. The lowest BCUT2D eigenvalue weighted by Crippen LogP contribution is -2.14. The maximum atomic E-state index is 12.4. The third-order valence-corrected chi connectivity index (χ3v) is 3.68. The first kappa shape index (κ1) is 15.2. The Morgan fingerprint density at radius 2 is 2.00 bits per heavy atom. The summed E-state index contributed by atoms with van der Waals surface area (Å²) in [6, 6.07) is 12.3. The van der Waals surface area contributed by atoms with Crippen molar-refractivity contribution in [1.29, 1.82) is 0 Å². The Balaban J connectivity index is 1.94. The quantitative estimate of drug-likeness (QED) is 0.760. The van der Waals surface area contributed by atoms with Crippen LogP contribution in [0.15, 0.2) is 53.3 Å². The average Bonchev–Trinajstić information content (AvgIpc) is 3.09. The Bertz CT molecular complexity index is 818. The molecule has 3 rings (SSSR count). The Morgan fingerprint density at radius 3 is 2.65 bits per heavy atom. The minimum atomic E-state index is -0.236. The Hall–Kier alpha value is -2.74. The molecule has 0 atom stereocenters. The molecule has 1 amide bonds. The number of methoxy groups -OCH3 is 1. The van der Waals surface area contributed by atoms with Crippen molar-refractivity contribution in [3.05, 3.63) is 58.8 Å². The van der Waals surface area contributed by atoms with Crippen LogP contribution >= 0.6 is 15.9 Å². The summed E-state index contributed by atoms with van der Waals surface area (Å²) in [5.41, 5.74) is 1.73. The zero-order valence-corrected chi connectivity index (χ0v) is 13.7. The molecule has 0 saturated carbocycles. The predicted octanol–water partition coefficient (Wildman–Crippen LogP) is 2.69. The molecule has 1 N–H and O–H groups in total. The molecule has 0 spiro atoms. The van der Waals surface area contributed by atoms with Gasteiger partial charge in [-0.3, -0.25) is 4.79 Å². The van der Waals surface area contributed by atoms with Gasteiger partial charge in [0.2, 0.25) is 0 Å². The molecule has 7 nitrogen and oxygen atoms in total. The van der Waals surface area contributed by atoms with Crippen LogP contribution in [0.5, 0.6) is 5.75 Å². The molecule has 0 saturated heterocycles. The van der Waals surface area contributed by atoms with Crippen LogP contribution in [0.4, 0.5) is 5.69 Å². The highest BCUT2D eigenvalue weighted by Gasteiger charge is 2.12. The fourth-order valence-corrected chi connectivity index (χ4v) is 2.27. The zero-order valence-electron chi connectivity index (χ0n) is 12.1. The van der Waals surface area contributed by atoms with E-state index in [9.17, 15) is 4.79 Å². The van der Waals surface area contributed by atoms with Crippen molar-refractivity contribution in [3.8, 4) is 11.4 Å². The number of tetrazole rings is 1. The van der Waals surface area contributed by atoms with Gasteiger partial charge in [-0.1, -0.05) is 15.9 Å². The van der Waals surface area contributed by atoms with E-state index in [0.717, 1.165) is 4.47 Å². The van der Waals surface area contributed by atoms with Gasteiger partial charge in [0, 0.05) is 16.1 Å². The van der Waals surface area contributed by atoms with Crippen LogP contribution in [0.3, 0.4) is 0 Å². The summed E-state index contributed by atoms with van der Waals surface area (Å²) in [4.78, 5) is 12.4. The topological polar surface area (TPSA) is 81.9 Å². The van der Waals surface area contributed by atoms with Gasteiger partial charge in [-0.25, -0.2) is 0 Å². The van der Waals surface area contributed by atoms with E-state index in [0.29, 0.717) is 22.7 Å². The minimum Gasteiger partial charge on any atom is -0.497 e. The smallest absolute Gasteiger partial charge is 0.255 e. The van der Waals surface area contributed by atoms with E-state index < -0.39 is 0 Å². The third-order valence-electron chi connectivity index (χ3n) is 3.15. The van der Waals surface area contributed by atoms with Gasteiger partial charge in [-0.05, 0) is 46.8 Å². The van der Waals surface area contributed by atoms with E-state index in [1.807, 2.05) is 12.1 Å². The summed E-state index contributed by atoms with van der Waals surface area (Å²) >= 11 is 3.34. The lowest BCUT2D eigenvalue weighted by Gasteiger charge is -2.12. The van der Waals surface area contributed by atoms with Crippen molar-refractivity contribution >= 4 is 27.5 Å². The number of carbonyl (C=O) groups excluding carboxylic acids is 1. The number of halogens is 1. The van der Waals surface area contributed by atoms with Gasteiger partial charge in [-0.2, -0.15) is 4.68 Å². The second kappa shape index (κ2) is 6.57. The van der Waals surface area contributed by atoms with Crippen LogP contribution in [-0.4, -0.2) is 33.2 Å². The number of hydrogen-bond acceptors (Lipinski definition) is 5. The molecular weight excluding hydrogens is 362 g/mol. The predicted molar refractivity (Wildman–Crippen MR) is 87.8 cm³/mol. The average molecular weight is 374 g/mol. The van der Waals surface area contributed by atoms with Crippen molar-refractivity contribution in [1.82, 2.24) is 20.2 Å². The van der Waals surface area contributed by atoms with Crippen LogP contribution in [-0.2, 0) is 0 Å². The maximum Gasteiger partial charge on any atom is 0.255 e. The number of benzene rings is 2. The second-order valence-corrected chi connectivity index (χ2v) is 5.51. The molecule has 0 unspecified atom stereocenters. The van der Waals surface area contributed by atoms with E-state index in [1.165, 1.54) is 11.0 Å². The van der Waals surface area contributed by atoms with Gasteiger partial charge in [0.05, 0.1) is 18.5 Å². The van der Waals surface area contributed by atoms with E-state index >= 15 is 0 Å². The van der Waals surface area contributed by atoms with Crippen LogP contribution in [0.2, 0.25) is 0 Å². The number of amides is 1. The molecule has 23 heavy (non-hydrogen) atoms. The fourth-order valence-electron chi connectivity index (χ4n) is 2.01. The molecular formula is C15H12BrN5O2. The summed E-state index contributed by atoms with van der Waals surface area (Å²) in [5, 5.41) is 13.9. The molecule has 0 aliphatic carbocycles. The standard InChI is InChI=1S/C15H12BrN5O2/c1-23-12-6-7-14(21-9-17-19-20-21)13(8-12)18-15(22)10-2-4-11(16)5-3-10/h2-9H,1H3,(H,18,22). The van der Waals surface area contributed by atoms with Crippen LogP contribution in [0.25, 0.3) is 5.69 Å². The maximum absolute atomic E-state index is 12.4. The van der Waals surface area contributed by atoms with Crippen molar-refractivity contribution < 1.29 is 9.53 Å². The minimum absolute atomic E-state index is 0.236. The van der Waals surface area contributed by atoms with E-state index in [4.69, 9.17) is 4.74 Å². The Morgan fingerprint density at radius 1 is 1.22 bits per heavy atom. The number of nitrogens with zero attached hydrogens (tertiary/aromatic N) is 4. The van der Waals surface area contributed by atoms with Crippen molar-refractivity contribution in [2.45, 2.75) is 0 Å². The highest BCUT2D eigenvalue weighted by molar-refractivity contribution is 9.10. The van der Waals surface area contributed by atoms with Gasteiger partial charge in [0.15, 0.2) is 0 Å². The van der Waals surface area contributed by atoms with Gasteiger partial charge in [0.1, 0.15) is 12.1 Å². The van der Waals surface area contributed by atoms with Crippen LogP contribution in [0, 0.1) is 0 Å². The van der Waals surface area contributed by atoms with E-state index in [1.54, 1.807) is 37.4 Å². The zero-order chi connectivity index (χ0) is 16.2. The monoisotopic (exact) mass is 373 g/mol. The van der Waals surface area contributed by atoms with Crippen molar-refractivity contribution in [2.24, 2.45) is 0 Å². The largest absolute Gasteiger partial charge is 0.497 e. The highest BCUT2D eigenvalue weighted by atomic mass is 79.9. The number of anilines is 1. The molecule has 0 aliphatic heterocycles. The van der Waals surface area contributed by atoms with Gasteiger partial charge >= 0.3 is 0 Å². The van der Waals surface area contributed by atoms with Gasteiger partial charge in [0.25, 0.3) is 5.91 Å². The normalized spacial score (nSPS) is 10.3. The van der Waals surface area contributed by atoms with E-state index in [-0.39, 0.29) is 5.91 Å². The number of nitrogens with one attached hydrogen (secondary N) is 1. The molecule has 0 bridgehead atoms. The number of carbonyl (C=O) groups is 1. The van der Waals surface area contributed by atoms with Crippen molar-refractivity contribution in [3.63, 3.8) is 0 Å². The molecule has 1 aromatic heterocycles. The number of aromatic nitrogens is 4. The Labute approximate surface area is 140 Å². The fraction of sp³-hybridized carbons (Fsp3) is 0.0667.